The van der Waals surface area contributed by atoms with E-state index in [9.17, 15) is 13.2 Å². The summed E-state index contributed by atoms with van der Waals surface area (Å²) in [6.45, 7) is 2.18. The maximum Gasteiger partial charge on any atom is 0.416 e. The van der Waals surface area contributed by atoms with Gasteiger partial charge in [-0.15, -0.1) is 0 Å². The molecule has 1 aliphatic heterocycles. The van der Waals surface area contributed by atoms with Crippen LogP contribution in [0.1, 0.15) is 24.0 Å². The fourth-order valence-electron chi connectivity index (χ4n) is 3.48. The minimum Gasteiger partial charge on any atom is -0.496 e. The van der Waals surface area contributed by atoms with Crippen LogP contribution in [0, 0.1) is 11.3 Å². The Morgan fingerprint density at radius 3 is 2.50 bits per heavy atom. The van der Waals surface area contributed by atoms with E-state index in [0.29, 0.717) is 17.1 Å². The fourth-order valence-corrected chi connectivity index (χ4v) is 3.48. The number of benzene rings is 1. The van der Waals surface area contributed by atoms with Crippen molar-refractivity contribution in [1.82, 2.24) is 5.32 Å². The minimum absolute atomic E-state index is 0.354. The molecule has 2 aliphatic rings. The summed E-state index contributed by atoms with van der Waals surface area (Å²) in [5.74, 6) is 0.926. The number of hydrogen-bond acceptors (Lipinski definition) is 2. The summed E-state index contributed by atoms with van der Waals surface area (Å²) in [7, 11) is 1.43. The number of methoxy groups -OCH3 is 1. The molecule has 110 valence electrons. The SMILES string of the molecule is COc1cc(C(F)(F)F)ccc1CC1CC2(CNC2)C1. The van der Waals surface area contributed by atoms with E-state index in [2.05, 4.69) is 5.32 Å². The molecule has 2 nitrogen and oxygen atoms in total. The lowest BCUT2D eigenvalue weighted by molar-refractivity contribution is -0.137. The normalized spacial score (nSPS) is 21.4. The van der Waals surface area contributed by atoms with Gasteiger partial charge in [-0.1, -0.05) is 6.07 Å². The minimum atomic E-state index is -4.32. The molecule has 0 radical (unpaired) electrons. The first-order chi connectivity index (χ1) is 9.42. The number of halogens is 3. The molecular formula is C15H18F3NO. The number of nitrogens with one attached hydrogen (secondary N) is 1. The van der Waals surface area contributed by atoms with Crippen molar-refractivity contribution in [3.63, 3.8) is 0 Å². The molecule has 1 aromatic carbocycles. The molecule has 5 heteroatoms. The summed E-state index contributed by atoms with van der Waals surface area (Å²) >= 11 is 0. The molecule has 20 heavy (non-hydrogen) atoms. The molecule has 1 aliphatic carbocycles. The average Bonchev–Trinajstić information content (AvgIpc) is 2.29. The van der Waals surface area contributed by atoms with E-state index in [1.165, 1.54) is 20.0 Å². The van der Waals surface area contributed by atoms with E-state index < -0.39 is 11.7 Å². The summed E-state index contributed by atoms with van der Waals surface area (Å²) < 4.78 is 43.1. The van der Waals surface area contributed by atoms with Crippen LogP contribution >= 0.6 is 0 Å². The van der Waals surface area contributed by atoms with Crippen LogP contribution in [0.25, 0.3) is 0 Å². The van der Waals surface area contributed by atoms with Crippen LogP contribution in [0.2, 0.25) is 0 Å². The van der Waals surface area contributed by atoms with Gasteiger partial charge in [0.05, 0.1) is 12.7 Å². The van der Waals surface area contributed by atoms with Gasteiger partial charge in [0.1, 0.15) is 5.75 Å². The van der Waals surface area contributed by atoms with E-state index >= 15 is 0 Å². The summed E-state index contributed by atoms with van der Waals surface area (Å²) in [6.07, 6.45) is -1.17. The summed E-state index contributed by atoms with van der Waals surface area (Å²) in [5, 5.41) is 3.29. The zero-order chi connectivity index (χ0) is 14.4. The highest BCUT2D eigenvalue weighted by Gasteiger charge is 2.48. The maximum absolute atomic E-state index is 12.7. The smallest absolute Gasteiger partial charge is 0.416 e. The topological polar surface area (TPSA) is 21.3 Å². The zero-order valence-corrected chi connectivity index (χ0v) is 11.4. The van der Waals surface area contributed by atoms with Gasteiger partial charge in [0.15, 0.2) is 0 Å². The van der Waals surface area contributed by atoms with Crippen LogP contribution in [0.15, 0.2) is 18.2 Å². The molecule has 1 saturated carbocycles. The van der Waals surface area contributed by atoms with Crippen molar-refractivity contribution in [3.8, 4) is 5.75 Å². The molecular weight excluding hydrogens is 267 g/mol. The first kappa shape index (κ1) is 13.7. The van der Waals surface area contributed by atoms with Crippen molar-refractivity contribution in [3.05, 3.63) is 29.3 Å². The predicted molar refractivity (Wildman–Crippen MR) is 69.7 cm³/mol. The lowest BCUT2D eigenvalue weighted by Crippen LogP contribution is -2.60. The van der Waals surface area contributed by atoms with Crippen LogP contribution in [0.3, 0.4) is 0 Å². The van der Waals surface area contributed by atoms with Gasteiger partial charge in [-0.25, -0.2) is 0 Å². The standard InChI is InChI=1S/C15H18F3NO/c1-20-13-5-12(15(16,17)18)3-2-11(13)4-10-6-14(7-10)8-19-9-14/h2-3,5,10,19H,4,6-9H2,1H3. The highest BCUT2D eigenvalue weighted by atomic mass is 19.4. The Morgan fingerprint density at radius 2 is 2.00 bits per heavy atom. The molecule has 0 atom stereocenters. The second-order valence-electron chi connectivity index (χ2n) is 6.11. The van der Waals surface area contributed by atoms with Gasteiger partial charge in [-0.2, -0.15) is 13.2 Å². The van der Waals surface area contributed by atoms with Gasteiger partial charge < -0.3 is 10.1 Å². The maximum atomic E-state index is 12.7. The van der Waals surface area contributed by atoms with Gasteiger partial charge in [-0.05, 0) is 48.3 Å². The Morgan fingerprint density at radius 1 is 1.30 bits per heavy atom. The highest BCUT2D eigenvalue weighted by Crippen LogP contribution is 2.50. The van der Waals surface area contributed by atoms with Crippen molar-refractivity contribution in [2.24, 2.45) is 11.3 Å². The van der Waals surface area contributed by atoms with Crippen molar-refractivity contribution in [1.29, 1.82) is 0 Å². The average molecular weight is 285 g/mol. The van der Waals surface area contributed by atoms with E-state index in [0.717, 1.165) is 37.2 Å². The number of rotatable bonds is 3. The molecule has 0 aromatic heterocycles. The first-order valence-electron chi connectivity index (χ1n) is 6.87. The van der Waals surface area contributed by atoms with Crippen LogP contribution in [0.4, 0.5) is 13.2 Å². The molecule has 1 spiro atoms. The number of hydrogen-bond donors (Lipinski definition) is 1. The summed E-state index contributed by atoms with van der Waals surface area (Å²) in [4.78, 5) is 0. The zero-order valence-electron chi connectivity index (χ0n) is 11.4. The molecule has 0 bridgehead atoms. The Hall–Kier alpha value is -1.23. The summed E-state index contributed by atoms with van der Waals surface area (Å²) in [6, 6.07) is 3.82. The van der Waals surface area contributed by atoms with E-state index in [4.69, 9.17) is 4.74 Å². The quantitative estimate of drug-likeness (QED) is 0.920. The first-order valence-corrected chi connectivity index (χ1v) is 6.87. The Balaban J connectivity index is 1.70. The van der Waals surface area contributed by atoms with Crippen molar-refractivity contribution in [2.75, 3.05) is 20.2 Å². The lowest BCUT2D eigenvalue weighted by Gasteiger charge is -2.54. The molecule has 1 saturated heterocycles. The van der Waals surface area contributed by atoms with Gasteiger partial charge in [-0.3, -0.25) is 0 Å². The van der Waals surface area contributed by atoms with Crippen molar-refractivity contribution >= 4 is 0 Å². The van der Waals surface area contributed by atoms with Gasteiger partial charge in [0, 0.05) is 13.1 Å². The molecule has 0 unspecified atom stereocenters. The van der Waals surface area contributed by atoms with Crippen LogP contribution < -0.4 is 10.1 Å². The Bertz CT molecular complexity index is 500. The lowest BCUT2D eigenvalue weighted by atomic mass is 9.57. The van der Waals surface area contributed by atoms with Crippen LogP contribution in [0.5, 0.6) is 5.75 Å². The van der Waals surface area contributed by atoms with Gasteiger partial charge >= 0.3 is 6.18 Å². The second-order valence-corrected chi connectivity index (χ2v) is 6.11. The van der Waals surface area contributed by atoms with E-state index in [1.54, 1.807) is 6.07 Å². The molecule has 1 aromatic rings. The third-order valence-electron chi connectivity index (χ3n) is 4.57. The predicted octanol–water partition coefficient (Wildman–Crippen LogP) is 3.26. The molecule has 0 amide bonds. The van der Waals surface area contributed by atoms with Crippen LogP contribution in [-0.4, -0.2) is 20.2 Å². The largest absolute Gasteiger partial charge is 0.496 e. The summed E-state index contributed by atoms with van der Waals surface area (Å²) in [5.41, 5.74) is 0.725. The highest BCUT2D eigenvalue weighted by molar-refractivity contribution is 5.39. The van der Waals surface area contributed by atoms with E-state index in [-0.39, 0.29) is 0 Å². The van der Waals surface area contributed by atoms with Gasteiger partial charge in [0.25, 0.3) is 0 Å². The number of ether oxygens (including phenoxy) is 1. The third kappa shape index (κ3) is 2.39. The van der Waals surface area contributed by atoms with Crippen molar-refractivity contribution in [2.45, 2.75) is 25.4 Å². The molecule has 1 heterocycles. The Labute approximate surface area is 116 Å². The second kappa shape index (κ2) is 4.65. The monoisotopic (exact) mass is 285 g/mol. The molecule has 2 fully saturated rings. The van der Waals surface area contributed by atoms with Crippen molar-refractivity contribution < 1.29 is 17.9 Å². The number of alkyl halides is 3. The third-order valence-corrected chi connectivity index (χ3v) is 4.57. The van der Waals surface area contributed by atoms with E-state index in [1.807, 2.05) is 0 Å². The Kier molecular flexibility index (Phi) is 3.20. The van der Waals surface area contributed by atoms with Gasteiger partial charge in [0.2, 0.25) is 0 Å². The molecule has 3 rings (SSSR count). The molecule has 1 N–H and O–H groups in total. The van der Waals surface area contributed by atoms with Crippen LogP contribution in [-0.2, 0) is 12.6 Å². The fraction of sp³-hybridized carbons (Fsp3) is 0.600.